The molecule has 0 heterocycles. The Hall–Kier alpha value is -5.14. The Kier molecular flexibility index (Phi) is 6.56. The van der Waals surface area contributed by atoms with E-state index in [2.05, 4.69) is 171 Å². The Morgan fingerprint density at radius 3 is 1.17 bits per heavy atom. The zero-order chi connectivity index (χ0) is 28.6. The summed E-state index contributed by atoms with van der Waals surface area (Å²) in [5.41, 5.74) is 12.3. The van der Waals surface area contributed by atoms with Crippen LogP contribution in [-0.2, 0) is 0 Å². The van der Waals surface area contributed by atoms with Gasteiger partial charge in [-0.05, 0) is 101 Å². The van der Waals surface area contributed by atoms with Crippen LogP contribution in [0.4, 0.5) is 17.1 Å². The molecule has 0 saturated heterocycles. The molecule has 7 rings (SSSR count). The number of benzene rings is 7. The van der Waals surface area contributed by atoms with Gasteiger partial charge in [0.15, 0.2) is 0 Å². The highest BCUT2D eigenvalue weighted by atomic mass is 15.1. The van der Waals surface area contributed by atoms with E-state index in [1.807, 2.05) is 0 Å². The van der Waals surface area contributed by atoms with Crippen molar-refractivity contribution in [1.29, 1.82) is 0 Å². The maximum atomic E-state index is 2.36. The van der Waals surface area contributed by atoms with Gasteiger partial charge in [-0.3, -0.25) is 0 Å². The van der Waals surface area contributed by atoms with Crippen molar-refractivity contribution in [1.82, 2.24) is 0 Å². The van der Waals surface area contributed by atoms with Crippen LogP contribution in [0.3, 0.4) is 0 Å². The molecule has 7 aromatic carbocycles. The van der Waals surface area contributed by atoms with E-state index in [4.69, 9.17) is 0 Å². The van der Waals surface area contributed by atoms with Crippen molar-refractivity contribution in [2.45, 2.75) is 20.8 Å². The average molecular weight is 540 g/mol. The summed E-state index contributed by atoms with van der Waals surface area (Å²) in [5, 5.41) is 5.16. The summed E-state index contributed by atoms with van der Waals surface area (Å²) in [6.07, 6.45) is 0. The van der Waals surface area contributed by atoms with Gasteiger partial charge in [-0.25, -0.2) is 0 Å². The zero-order valence-corrected chi connectivity index (χ0v) is 24.3. The standard InChI is InChI=1S/C41H33N/c1-28-14-18-31(19-15-28)40-36-24-16-30(3)27-39(36)41(37-25-17-29(2)26-38(37)40)32-20-22-35(23-21-32)42(33-10-6-4-7-11-33)34-12-8-5-9-13-34/h4-27H,1-3H3. The molecule has 0 aromatic heterocycles. The average Bonchev–Trinajstić information content (AvgIpc) is 3.02. The molecule has 42 heavy (non-hydrogen) atoms. The van der Waals surface area contributed by atoms with E-state index in [1.54, 1.807) is 0 Å². The zero-order valence-electron chi connectivity index (χ0n) is 24.3. The van der Waals surface area contributed by atoms with Gasteiger partial charge in [0.2, 0.25) is 0 Å². The smallest absolute Gasteiger partial charge is 0.0462 e. The normalized spacial score (nSPS) is 11.2. The Labute approximate surface area is 248 Å². The van der Waals surface area contributed by atoms with Crippen molar-refractivity contribution >= 4 is 38.6 Å². The molecule has 1 nitrogen and oxygen atoms in total. The van der Waals surface area contributed by atoms with Gasteiger partial charge in [0, 0.05) is 17.1 Å². The van der Waals surface area contributed by atoms with Gasteiger partial charge in [-0.15, -0.1) is 0 Å². The summed E-state index contributed by atoms with van der Waals surface area (Å²) < 4.78 is 0. The fraction of sp³-hybridized carbons (Fsp3) is 0.0732. The molecular weight excluding hydrogens is 506 g/mol. The molecule has 0 unspecified atom stereocenters. The number of fused-ring (bicyclic) bond motifs is 2. The lowest BCUT2D eigenvalue weighted by atomic mass is 9.84. The molecule has 0 bridgehead atoms. The van der Waals surface area contributed by atoms with E-state index in [0.717, 1.165) is 17.1 Å². The van der Waals surface area contributed by atoms with Crippen LogP contribution in [0, 0.1) is 20.8 Å². The van der Waals surface area contributed by atoms with Crippen LogP contribution in [0.5, 0.6) is 0 Å². The van der Waals surface area contributed by atoms with Crippen LogP contribution in [0.2, 0.25) is 0 Å². The molecule has 0 amide bonds. The topological polar surface area (TPSA) is 3.24 Å². The molecule has 0 spiro atoms. The lowest BCUT2D eigenvalue weighted by molar-refractivity contribution is 1.28. The number of aryl methyl sites for hydroxylation is 3. The van der Waals surface area contributed by atoms with Crippen molar-refractivity contribution in [2.75, 3.05) is 4.90 Å². The third-order valence-corrected chi connectivity index (χ3v) is 8.21. The van der Waals surface area contributed by atoms with Crippen LogP contribution >= 0.6 is 0 Å². The first-order chi connectivity index (χ1) is 20.6. The molecule has 7 aromatic rings. The SMILES string of the molecule is Cc1ccc(-c2c3ccc(C)cc3c(-c3ccc(N(c4ccccc4)c4ccccc4)cc3)c3ccc(C)cc23)cc1. The van der Waals surface area contributed by atoms with Crippen LogP contribution in [-0.4, -0.2) is 0 Å². The molecule has 0 saturated carbocycles. The fourth-order valence-corrected chi connectivity index (χ4v) is 6.18. The highest BCUT2D eigenvalue weighted by Gasteiger charge is 2.18. The summed E-state index contributed by atoms with van der Waals surface area (Å²) in [7, 11) is 0. The molecular formula is C41H33N. The maximum absolute atomic E-state index is 2.36. The van der Waals surface area contributed by atoms with Crippen molar-refractivity contribution < 1.29 is 0 Å². The Bertz CT molecular complexity index is 1980. The van der Waals surface area contributed by atoms with Crippen molar-refractivity contribution in [3.05, 3.63) is 162 Å². The second kappa shape index (κ2) is 10.7. The minimum Gasteiger partial charge on any atom is -0.311 e. The van der Waals surface area contributed by atoms with Gasteiger partial charge in [-0.1, -0.05) is 126 Å². The molecule has 0 fully saturated rings. The Morgan fingerprint density at radius 2 is 0.714 bits per heavy atom. The van der Waals surface area contributed by atoms with Gasteiger partial charge >= 0.3 is 0 Å². The molecule has 0 aliphatic heterocycles. The highest BCUT2D eigenvalue weighted by Crippen LogP contribution is 2.45. The van der Waals surface area contributed by atoms with Crippen LogP contribution in [0.25, 0.3) is 43.8 Å². The predicted molar refractivity (Wildman–Crippen MR) is 181 cm³/mol. The van der Waals surface area contributed by atoms with Crippen molar-refractivity contribution in [3.63, 3.8) is 0 Å². The number of rotatable bonds is 5. The van der Waals surface area contributed by atoms with E-state index in [0.29, 0.717) is 0 Å². The number of nitrogens with zero attached hydrogens (tertiary/aromatic N) is 1. The highest BCUT2D eigenvalue weighted by molar-refractivity contribution is 6.21. The molecule has 0 N–H and O–H groups in total. The fourth-order valence-electron chi connectivity index (χ4n) is 6.18. The predicted octanol–water partition coefficient (Wildman–Crippen LogP) is 11.7. The lowest BCUT2D eigenvalue weighted by Gasteiger charge is -2.26. The Morgan fingerprint density at radius 1 is 0.333 bits per heavy atom. The third-order valence-electron chi connectivity index (χ3n) is 8.21. The van der Waals surface area contributed by atoms with Gasteiger partial charge < -0.3 is 4.90 Å². The summed E-state index contributed by atoms with van der Waals surface area (Å²) >= 11 is 0. The molecule has 0 aliphatic carbocycles. The first-order valence-electron chi connectivity index (χ1n) is 14.6. The summed E-state index contributed by atoms with van der Waals surface area (Å²) in [4.78, 5) is 2.31. The van der Waals surface area contributed by atoms with Gasteiger partial charge in [0.25, 0.3) is 0 Å². The van der Waals surface area contributed by atoms with E-state index in [1.165, 1.54) is 60.5 Å². The third kappa shape index (κ3) is 4.63. The van der Waals surface area contributed by atoms with Gasteiger partial charge in [0.05, 0.1) is 0 Å². The number of hydrogen-bond donors (Lipinski definition) is 0. The molecule has 0 aliphatic rings. The molecule has 202 valence electrons. The second-order valence-electron chi connectivity index (χ2n) is 11.3. The van der Waals surface area contributed by atoms with E-state index < -0.39 is 0 Å². The summed E-state index contributed by atoms with van der Waals surface area (Å²) in [6.45, 7) is 6.53. The number of para-hydroxylation sites is 2. The van der Waals surface area contributed by atoms with Crippen LogP contribution in [0.15, 0.2) is 146 Å². The Balaban J connectivity index is 1.46. The van der Waals surface area contributed by atoms with Crippen molar-refractivity contribution in [2.24, 2.45) is 0 Å². The van der Waals surface area contributed by atoms with E-state index in [9.17, 15) is 0 Å². The number of anilines is 3. The second-order valence-corrected chi connectivity index (χ2v) is 11.3. The largest absolute Gasteiger partial charge is 0.311 e. The minimum absolute atomic E-state index is 1.13. The molecule has 0 atom stereocenters. The number of hydrogen-bond acceptors (Lipinski definition) is 1. The van der Waals surface area contributed by atoms with Crippen LogP contribution < -0.4 is 4.90 Å². The molecule has 0 radical (unpaired) electrons. The first-order valence-corrected chi connectivity index (χ1v) is 14.6. The maximum Gasteiger partial charge on any atom is 0.0462 e. The van der Waals surface area contributed by atoms with Crippen molar-refractivity contribution in [3.8, 4) is 22.3 Å². The summed E-state index contributed by atoms with van der Waals surface area (Å²) in [5.74, 6) is 0. The van der Waals surface area contributed by atoms with E-state index >= 15 is 0 Å². The monoisotopic (exact) mass is 539 g/mol. The lowest BCUT2D eigenvalue weighted by Crippen LogP contribution is -2.09. The minimum atomic E-state index is 1.13. The quantitative estimate of drug-likeness (QED) is 0.197. The first kappa shape index (κ1) is 25.8. The van der Waals surface area contributed by atoms with Gasteiger partial charge in [0.1, 0.15) is 0 Å². The summed E-state index contributed by atoms with van der Waals surface area (Å²) in [6, 6.07) is 53.0. The van der Waals surface area contributed by atoms with Gasteiger partial charge in [-0.2, -0.15) is 0 Å². The van der Waals surface area contributed by atoms with Crippen LogP contribution in [0.1, 0.15) is 16.7 Å². The van der Waals surface area contributed by atoms with E-state index in [-0.39, 0.29) is 0 Å². The molecule has 1 heteroatoms.